The van der Waals surface area contributed by atoms with Gasteiger partial charge < -0.3 is 10.4 Å². The summed E-state index contributed by atoms with van der Waals surface area (Å²) in [6, 6.07) is 3.47. The molecule has 0 atom stereocenters. The van der Waals surface area contributed by atoms with Crippen molar-refractivity contribution in [3.63, 3.8) is 0 Å². The Labute approximate surface area is 116 Å². The molecule has 1 aromatic heterocycles. The maximum absolute atomic E-state index is 11.7. The van der Waals surface area contributed by atoms with E-state index in [1.807, 2.05) is 13.8 Å². The van der Waals surface area contributed by atoms with Gasteiger partial charge in [-0.2, -0.15) is 0 Å². The molecule has 2 N–H and O–H groups in total. The minimum atomic E-state index is -0.163. The van der Waals surface area contributed by atoms with Gasteiger partial charge in [0.1, 0.15) is 5.69 Å². The number of carbonyl (C=O) groups excluding carboxylic acids is 1. The van der Waals surface area contributed by atoms with E-state index in [2.05, 4.69) is 26.2 Å². The highest BCUT2D eigenvalue weighted by atomic mass is 79.9. The summed E-state index contributed by atoms with van der Waals surface area (Å²) in [4.78, 5) is 15.7. The number of carbonyl (C=O) groups is 1. The predicted octanol–water partition coefficient (Wildman–Crippen LogP) is 2.37. The van der Waals surface area contributed by atoms with Crippen LogP contribution in [0.25, 0.3) is 0 Å². The van der Waals surface area contributed by atoms with Crippen LogP contribution in [0.3, 0.4) is 0 Å². The summed E-state index contributed by atoms with van der Waals surface area (Å²) < 4.78 is 0.851. The number of nitrogens with zero attached hydrogens (tertiary/aromatic N) is 1. The molecule has 0 bridgehead atoms. The molecule has 18 heavy (non-hydrogen) atoms. The maximum atomic E-state index is 11.7. The van der Waals surface area contributed by atoms with Gasteiger partial charge in [0.15, 0.2) is 0 Å². The lowest BCUT2D eigenvalue weighted by molar-refractivity contribution is 0.0943. The van der Waals surface area contributed by atoms with Crippen LogP contribution in [0.5, 0.6) is 0 Å². The molecule has 100 valence electrons. The van der Waals surface area contributed by atoms with Crippen molar-refractivity contribution < 1.29 is 9.90 Å². The van der Waals surface area contributed by atoms with Gasteiger partial charge in [-0.05, 0) is 46.3 Å². The number of halogens is 1. The van der Waals surface area contributed by atoms with Crippen LogP contribution in [-0.2, 0) is 0 Å². The molecule has 4 nitrogen and oxygen atoms in total. The lowest BCUT2D eigenvalue weighted by Crippen LogP contribution is -2.27. The topological polar surface area (TPSA) is 62.2 Å². The zero-order valence-electron chi connectivity index (χ0n) is 10.7. The fraction of sp³-hybridized carbons (Fsp3) is 0.538. The minimum Gasteiger partial charge on any atom is -0.396 e. The largest absolute Gasteiger partial charge is 0.396 e. The highest BCUT2D eigenvalue weighted by molar-refractivity contribution is 9.10. The number of aromatic nitrogens is 1. The first-order valence-corrected chi connectivity index (χ1v) is 6.74. The third-order valence-corrected chi connectivity index (χ3v) is 3.17. The summed E-state index contributed by atoms with van der Waals surface area (Å²) in [5.41, 5.74) is 0.334. The van der Waals surface area contributed by atoms with Gasteiger partial charge in [-0.3, -0.25) is 4.79 Å². The van der Waals surface area contributed by atoms with Crippen molar-refractivity contribution in [3.8, 4) is 0 Å². The van der Waals surface area contributed by atoms with E-state index in [1.54, 1.807) is 18.3 Å². The van der Waals surface area contributed by atoms with Crippen molar-refractivity contribution in [1.29, 1.82) is 0 Å². The van der Waals surface area contributed by atoms with E-state index in [4.69, 9.17) is 5.11 Å². The van der Waals surface area contributed by atoms with Crippen molar-refractivity contribution in [3.05, 3.63) is 28.5 Å². The number of nitrogens with one attached hydrogen (secondary N) is 1. The first kappa shape index (κ1) is 15.1. The minimum absolute atomic E-state index is 0.0827. The summed E-state index contributed by atoms with van der Waals surface area (Å²) in [5.74, 6) is -0.163. The second kappa shape index (κ2) is 6.85. The zero-order valence-corrected chi connectivity index (χ0v) is 12.3. The SMILES string of the molecule is CC(C)(CO)CCCNC(=O)c1ccc(Br)cn1. The van der Waals surface area contributed by atoms with Gasteiger partial charge in [-0.15, -0.1) is 0 Å². The molecule has 1 aromatic rings. The molecule has 0 fully saturated rings. The summed E-state index contributed by atoms with van der Waals surface area (Å²) in [6.45, 7) is 4.77. The number of hydrogen-bond donors (Lipinski definition) is 2. The molecule has 1 rings (SSSR count). The maximum Gasteiger partial charge on any atom is 0.269 e. The number of hydrogen-bond acceptors (Lipinski definition) is 3. The molecular weight excluding hydrogens is 296 g/mol. The Kier molecular flexibility index (Phi) is 5.75. The number of aliphatic hydroxyl groups excluding tert-OH is 1. The number of aliphatic hydroxyl groups is 1. The van der Waals surface area contributed by atoms with Crippen LogP contribution < -0.4 is 5.32 Å². The molecule has 1 amide bonds. The van der Waals surface area contributed by atoms with Gasteiger partial charge in [0.2, 0.25) is 0 Å². The van der Waals surface area contributed by atoms with E-state index in [-0.39, 0.29) is 17.9 Å². The first-order valence-electron chi connectivity index (χ1n) is 5.95. The third-order valence-electron chi connectivity index (χ3n) is 2.70. The summed E-state index contributed by atoms with van der Waals surface area (Å²) in [6.07, 6.45) is 3.32. The van der Waals surface area contributed by atoms with Crippen molar-refractivity contribution in [2.75, 3.05) is 13.2 Å². The highest BCUT2D eigenvalue weighted by Crippen LogP contribution is 2.20. The summed E-state index contributed by atoms with van der Waals surface area (Å²) >= 11 is 3.27. The monoisotopic (exact) mass is 314 g/mol. The molecule has 0 radical (unpaired) electrons. The average Bonchev–Trinajstić information content (AvgIpc) is 2.35. The Balaban J connectivity index is 2.32. The Morgan fingerprint density at radius 3 is 2.78 bits per heavy atom. The Morgan fingerprint density at radius 2 is 2.22 bits per heavy atom. The van der Waals surface area contributed by atoms with Crippen LogP contribution in [-0.4, -0.2) is 29.1 Å². The van der Waals surface area contributed by atoms with Crippen LogP contribution >= 0.6 is 15.9 Å². The lowest BCUT2D eigenvalue weighted by Gasteiger charge is -2.21. The van der Waals surface area contributed by atoms with E-state index in [0.29, 0.717) is 12.2 Å². The number of rotatable bonds is 6. The summed E-state index contributed by atoms with van der Waals surface area (Å²) in [7, 11) is 0. The highest BCUT2D eigenvalue weighted by Gasteiger charge is 2.15. The van der Waals surface area contributed by atoms with Crippen molar-refractivity contribution in [2.24, 2.45) is 5.41 Å². The molecule has 0 aliphatic heterocycles. The molecule has 5 heteroatoms. The number of amides is 1. The van der Waals surface area contributed by atoms with E-state index >= 15 is 0 Å². The van der Waals surface area contributed by atoms with Crippen LogP contribution in [0, 0.1) is 5.41 Å². The fourth-order valence-electron chi connectivity index (χ4n) is 1.45. The predicted molar refractivity (Wildman–Crippen MR) is 74.4 cm³/mol. The zero-order chi connectivity index (χ0) is 13.6. The van der Waals surface area contributed by atoms with Crippen molar-refractivity contribution in [2.45, 2.75) is 26.7 Å². The van der Waals surface area contributed by atoms with Gasteiger partial charge in [0.05, 0.1) is 0 Å². The third kappa shape index (κ3) is 5.14. The van der Waals surface area contributed by atoms with Crippen LogP contribution in [0.15, 0.2) is 22.8 Å². The smallest absolute Gasteiger partial charge is 0.269 e. The Morgan fingerprint density at radius 1 is 1.50 bits per heavy atom. The van der Waals surface area contributed by atoms with Crippen LogP contribution in [0.4, 0.5) is 0 Å². The van der Waals surface area contributed by atoms with E-state index < -0.39 is 0 Å². The summed E-state index contributed by atoms with van der Waals surface area (Å²) in [5, 5.41) is 11.9. The van der Waals surface area contributed by atoms with E-state index in [1.165, 1.54) is 0 Å². The van der Waals surface area contributed by atoms with Crippen molar-refractivity contribution in [1.82, 2.24) is 10.3 Å². The lowest BCUT2D eigenvalue weighted by atomic mass is 9.89. The molecule has 0 aliphatic carbocycles. The standard InChI is InChI=1S/C13H19BrN2O2/c1-13(2,9-17)6-3-7-15-12(18)11-5-4-10(14)8-16-11/h4-5,8,17H,3,6-7,9H2,1-2H3,(H,15,18). The Bertz CT molecular complexity index is 390. The first-order chi connectivity index (χ1) is 8.44. The average molecular weight is 315 g/mol. The van der Waals surface area contributed by atoms with Gasteiger partial charge in [-0.25, -0.2) is 4.98 Å². The second-order valence-corrected chi connectivity index (χ2v) is 5.96. The fourth-order valence-corrected chi connectivity index (χ4v) is 1.68. The van der Waals surface area contributed by atoms with Crippen LogP contribution in [0.2, 0.25) is 0 Å². The second-order valence-electron chi connectivity index (χ2n) is 5.04. The molecule has 0 aliphatic rings. The molecule has 0 unspecified atom stereocenters. The molecular formula is C13H19BrN2O2. The van der Waals surface area contributed by atoms with Crippen molar-refractivity contribution >= 4 is 21.8 Å². The molecule has 0 saturated carbocycles. The van der Waals surface area contributed by atoms with Gasteiger partial charge >= 0.3 is 0 Å². The van der Waals surface area contributed by atoms with Gasteiger partial charge in [0.25, 0.3) is 5.91 Å². The molecule has 0 spiro atoms. The number of pyridine rings is 1. The van der Waals surface area contributed by atoms with Gasteiger partial charge in [0, 0.05) is 23.8 Å². The van der Waals surface area contributed by atoms with Gasteiger partial charge in [-0.1, -0.05) is 13.8 Å². The molecule has 0 saturated heterocycles. The normalized spacial score (nSPS) is 11.3. The molecule has 1 heterocycles. The Hall–Kier alpha value is -0.940. The molecule has 0 aromatic carbocycles. The van der Waals surface area contributed by atoms with E-state index in [9.17, 15) is 4.79 Å². The van der Waals surface area contributed by atoms with Crippen LogP contribution in [0.1, 0.15) is 37.2 Å². The van der Waals surface area contributed by atoms with E-state index in [0.717, 1.165) is 17.3 Å². The quantitative estimate of drug-likeness (QED) is 0.792.